The van der Waals surface area contributed by atoms with E-state index < -0.39 is 11.9 Å². The second kappa shape index (κ2) is 6.80. The number of rotatable bonds is 4. The third-order valence-electron chi connectivity index (χ3n) is 3.42. The number of carbonyl (C=O) groups excluding carboxylic acids is 1. The first kappa shape index (κ1) is 15.6. The normalized spacial score (nSPS) is 20.4. The number of alkyl halides is 2. The Balaban J connectivity index is 2.00. The van der Waals surface area contributed by atoms with E-state index in [1.54, 1.807) is 11.8 Å². The summed E-state index contributed by atoms with van der Waals surface area (Å²) in [5.74, 6) is -3.68. The number of hydrogen-bond acceptors (Lipinski definition) is 3. The van der Waals surface area contributed by atoms with Crippen molar-refractivity contribution < 1.29 is 18.3 Å². The zero-order valence-electron chi connectivity index (χ0n) is 12.0. The molecule has 1 aliphatic heterocycles. The summed E-state index contributed by atoms with van der Waals surface area (Å²) in [6.45, 7) is 2.47. The Kier molecular flexibility index (Phi) is 5.07. The summed E-state index contributed by atoms with van der Waals surface area (Å²) < 4.78 is 32.9. The van der Waals surface area contributed by atoms with Gasteiger partial charge in [0.1, 0.15) is 0 Å². The number of nitrogens with zero attached hydrogens (tertiary/aromatic N) is 1. The van der Waals surface area contributed by atoms with E-state index in [0.29, 0.717) is 13.1 Å². The first-order valence-corrected chi connectivity index (χ1v) is 7.03. The van der Waals surface area contributed by atoms with Crippen molar-refractivity contribution >= 4 is 5.97 Å². The van der Waals surface area contributed by atoms with E-state index in [1.807, 2.05) is 30.3 Å². The van der Waals surface area contributed by atoms with Gasteiger partial charge in [-0.2, -0.15) is 0 Å². The lowest BCUT2D eigenvalue weighted by molar-refractivity contribution is -0.137. The van der Waals surface area contributed by atoms with E-state index in [0.717, 1.165) is 11.6 Å². The Morgan fingerprint density at radius 3 is 2.71 bits per heavy atom. The average molecular weight is 295 g/mol. The summed E-state index contributed by atoms with van der Waals surface area (Å²) in [4.78, 5) is 13.0. The number of piperidine rings is 1. The lowest BCUT2D eigenvalue weighted by atomic mass is 9.99. The molecule has 0 unspecified atom stereocenters. The first-order valence-electron chi connectivity index (χ1n) is 7.03. The van der Waals surface area contributed by atoms with Gasteiger partial charge in [0.15, 0.2) is 0 Å². The predicted octanol–water partition coefficient (Wildman–Crippen LogP) is 3.02. The molecule has 1 aromatic rings. The molecule has 0 aliphatic carbocycles. The van der Waals surface area contributed by atoms with Gasteiger partial charge in [-0.05, 0) is 18.9 Å². The first-order chi connectivity index (χ1) is 10.0. The molecule has 5 heteroatoms. The zero-order valence-corrected chi connectivity index (χ0v) is 12.0. The van der Waals surface area contributed by atoms with E-state index in [1.165, 1.54) is 0 Å². The van der Waals surface area contributed by atoms with Gasteiger partial charge in [0.2, 0.25) is 0 Å². The molecule has 0 N–H and O–H groups in total. The summed E-state index contributed by atoms with van der Waals surface area (Å²) in [6.07, 6.45) is 1.13. The van der Waals surface area contributed by atoms with Crippen molar-refractivity contribution in [2.75, 3.05) is 19.7 Å². The second-order valence-electron chi connectivity index (χ2n) is 5.07. The van der Waals surface area contributed by atoms with Gasteiger partial charge >= 0.3 is 5.97 Å². The van der Waals surface area contributed by atoms with Crippen molar-refractivity contribution in [3.05, 3.63) is 47.5 Å². The van der Waals surface area contributed by atoms with Crippen LogP contribution >= 0.6 is 0 Å². The van der Waals surface area contributed by atoms with Gasteiger partial charge < -0.3 is 4.74 Å². The molecule has 1 saturated heterocycles. The minimum atomic E-state index is -2.99. The number of hydrogen-bond donors (Lipinski definition) is 0. The van der Waals surface area contributed by atoms with Crippen LogP contribution in [0.2, 0.25) is 0 Å². The van der Waals surface area contributed by atoms with Crippen molar-refractivity contribution in [2.45, 2.75) is 25.8 Å². The van der Waals surface area contributed by atoms with Gasteiger partial charge in [0, 0.05) is 24.7 Å². The summed E-state index contributed by atoms with van der Waals surface area (Å²) in [5, 5.41) is 0. The highest BCUT2D eigenvalue weighted by Crippen LogP contribution is 2.32. The van der Waals surface area contributed by atoms with Crippen LogP contribution in [0.3, 0.4) is 0 Å². The maximum atomic E-state index is 14.1. The number of carbonyl (C=O) groups is 1. The molecule has 1 fully saturated rings. The van der Waals surface area contributed by atoms with Crippen molar-refractivity contribution in [2.24, 2.45) is 0 Å². The minimum Gasteiger partial charge on any atom is -0.463 e. The largest absolute Gasteiger partial charge is 0.463 e. The minimum absolute atomic E-state index is 0.134. The van der Waals surface area contributed by atoms with Crippen molar-refractivity contribution in [3.63, 3.8) is 0 Å². The van der Waals surface area contributed by atoms with Gasteiger partial charge in [-0.1, -0.05) is 30.3 Å². The molecular formula is C16H19F2NO2. The molecular weight excluding hydrogens is 276 g/mol. The second-order valence-corrected chi connectivity index (χ2v) is 5.07. The van der Waals surface area contributed by atoms with Crippen LogP contribution < -0.4 is 0 Å². The summed E-state index contributed by atoms with van der Waals surface area (Å²) in [5.41, 5.74) is 0.872. The molecule has 0 radical (unpaired) electrons. The van der Waals surface area contributed by atoms with E-state index >= 15 is 0 Å². The Morgan fingerprint density at radius 2 is 2.10 bits per heavy atom. The third-order valence-corrected chi connectivity index (χ3v) is 3.42. The fourth-order valence-electron chi connectivity index (χ4n) is 2.40. The molecule has 0 atom stereocenters. The Labute approximate surface area is 123 Å². The van der Waals surface area contributed by atoms with Crippen LogP contribution in [-0.2, 0) is 16.1 Å². The van der Waals surface area contributed by atoms with E-state index in [9.17, 15) is 13.6 Å². The van der Waals surface area contributed by atoms with Gasteiger partial charge in [0.05, 0.1) is 13.2 Å². The fourth-order valence-corrected chi connectivity index (χ4v) is 2.40. The summed E-state index contributed by atoms with van der Waals surface area (Å²) in [7, 11) is 0. The van der Waals surface area contributed by atoms with Crippen LogP contribution in [0.25, 0.3) is 0 Å². The number of esters is 1. The zero-order chi connectivity index (χ0) is 15.3. The molecule has 1 aliphatic rings. The van der Waals surface area contributed by atoms with Crippen LogP contribution in [0.5, 0.6) is 0 Å². The van der Waals surface area contributed by atoms with Crippen molar-refractivity contribution in [1.82, 2.24) is 4.90 Å². The van der Waals surface area contributed by atoms with Crippen LogP contribution in [0, 0.1) is 0 Å². The molecule has 2 rings (SSSR count). The van der Waals surface area contributed by atoms with Crippen molar-refractivity contribution in [3.8, 4) is 0 Å². The molecule has 1 aromatic carbocycles. The average Bonchev–Trinajstić information content (AvgIpc) is 2.43. The summed E-state index contributed by atoms with van der Waals surface area (Å²) in [6, 6.07) is 9.52. The Morgan fingerprint density at radius 1 is 1.38 bits per heavy atom. The quantitative estimate of drug-likeness (QED) is 0.631. The molecule has 1 heterocycles. The monoisotopic (exact) mass is 295 g/mol. The number of likely N-dealkylation sites (tertiary alicyclic amines) is 1. The molecule has 0 amide bonds. The molecule has 114 valence electrons. The maximum Gasteiger partial charge on any atom is 0.330 e. The fraction of sp³-hybridized carbons (Fsp3) is 0.438. The molecule has 0 spiro atoms. The number of benzene rings is 1. The third kappa shape index (κ3) is 4.36. The lowest BCUT2D eigenvalue weighted by Crippen LogP contribution is -2.44. The van der Waals surface area contributed by atoms with Crippen LogP contribution in [-0.4, -0.2) is 36.5 Å². The summed E-state index contributed by atoms with van der Waals surface area (Å²) >= 11 is 0. The molecule has 21 heavy (non-hydrogen) atoms. The molecule has 0 bridgehead atoms. The standard InChI is InChI=1S/C16H19F2NO2/c1-2-21-15(20)10-14-8-9-19(12-16(14,17)18)11-13-6-4-3-5-7-13/h3-7,10H,2,8-9,11-12H2,1H3/b14-10+. The van der Waals surface area contributed by atoms with E-state index in [-0.39, 0.29) is 25.1 Å². The highest BCUT2D eigenvalue weighted by Gasteiger charge is 2.40. The maximum absolute atomic E-state index is 14.1. The van der Waals surface area contributed by atoms with E-state index in [2.05, 4.69) is 0 Å². The van der Waals surface area contributed by atoms with Gasteiger partial charge in [-0.15, -0.1) is 0 Å². The Bertz CT molecular complexity index is 514. The van der Waals surface area contributed by atoms with Gasteiger partial charge in [-0.3, -0.25) is 4.90 Å². The molecule has 3 nitrogen and oxygen atoms in total. The smallest absolute Gasteiger partial charge is 0.330 e. The van der Waals surface area contributed by atoms with Crippen molar-refractivity contribution in [1.29, 1.82) is 0 Å². The van der Waals surface area contributed by atoms with E-state index in [4.69, 9.17) is 4.74 Å². The number of ether oxygens (including phenoxy) is 1. The van der Waals surface area contributed by atoms with Crippen LogP contribution in [0.4, 0.5) is 8.78 Å². The lowest BCUT2D eigenvalue weighted by Gasteiger charge is -2.34. The highest BCUT2D eigenvalue weighted by atomic mass is 19.3. The predicted molar refractivity (Wildman–Crippen MR) is 76.0 cm³/mol. The SMILES string of the molecule is CCOC(=O)/C=C1\CCN(Cc2ccccc2)CC1(F)F. The topological polar surface area (TPSA) is 29.5 Å². The molecule has 0 aromatic heterocycles. The molecule has 0 saturated carbocycles. The number of halogens is 2. The van der Waals surface area contributed by atoms with Crippen LogP contribution in [0.15, 0.2) is 42.0 Å². The highest BCUT2D eigenvalue weighted by molar-refractivity contribution is 5.83. The van der Waals surface area contributed by atoms with Gasteiger partial charge in [0.25, 0.3) is 5.92 Å². The Hall–Kier alpha value is -1.75. The van der Waals surface area contributed by atoms with Gasteiger partial charge in [-0.25, -0.2) is 13.6 Å². The van der Waals surface area contributed by atoms with Crippen LogP contribution in [0.1, 0.15) is 18.9 Å².